The van der Waals surface area contributed by atoms with Crippen LogP contribution in [0.2, 0.25) is 0 Å². The van der Waals surface area contributed by atoms with E-state index in [0.717, 1.165) is 23.7 Å². The number of rotatable bonds is 5. The van der Waals surface area contributed by atoms with Crippen molar-refractivity contribution in [1.29, 1.82) is 0 Å². The smallest absolute Gasteiger partial charge is 0.251 e. The van der Waals surface area contributed by atoms with Gasteiger partial charge in [0.15, 0.2) is 5.13 Å². The van der Waals surface area contributed by atoms with E-state index < -0.39 is 0 Å². The van der Waals surface area contributed by atoms with E-state index in [1.165, 1.54) is 0 Å². The normalized spacial score (nSPS) is 21.4. The molecule has 0 saturated carbocycles. The highest BCUT2D eigenvalue weighted by molar-refractivity contribution is 7.13. The van der Waals surface area contributed by atoms with Gasteiger partial charge in [0.25, 0.3) is 5.91 Å². The number of thiazole rings is 1. The number of amides is 2. The van der Waals surface area contributed by atoms with Crippen LogP contribution >= 0.6 is 11.3 Å². The van der Waals surface area contributed by atoms with Crippen molar-refractivity contribution >= 4 is 28.3 Å². The Labute approximate surface area is 152 Å². The number of nitrogens with one attached hydrogen (secondary N) is 1. The highest BCUT2D eigenvalue weighted by Gasteiger charge is 2.32. The minimum absolute atomic E-state index is 0.0273. The number of hydrogen-bond acceptors (Lipinski definition) is 6. The van der Waals surface area contributed by atoms with Gasteiger partial charge in [-0.2, -0.15) is 0 Å². The maximum atomic E-state index is 12.4. The third-order valence-electron chi connectivity index (χ3n) is 4.75. The monoisotopic (exact) mass is 366 g/mol. The molecular weight excluding hydrogens is 340 g/mol. The maximum absolute atomic E-state index is 12.4. The van der Waals surface area contributed by atoms with Crippen molar-refractivity contribution in [2.24, 2.45) is 5.92 Å². The van der Waals surface area contributed by atoms with E-state index in [2.05, 4.69) is 10.3 Å². The molecule has 2 aliphatic heterocycles. The zero-order chi connectivity index (χ0) is 17.8. The van der Waals surface area contributed by atoms with E-state index in [9.17, 15) is 9.59 Å². The molecule has 1 aromatic rings. The summed E-state index contributed by atoms with van der Waals surface area (Å²) in [6.07, 6.45) is 2.94. The number of nitrogens with zero attached hydrogens (tertiary/aromatic N) is 3. The maximum Gasteiger partial charge on any atom is 0.251 e. The molecule has 8 heteroatoms. The molecule has 0 bridgehead atoms. The summed E-state index contributed by atoms with van der Waals surface area (Å²) < 4.78 is 5.47. The lowest BCUT2D eigenvalue weighted by molar-refractivity contribution is -0.143. The summed E-state index contributed by atoms with van der Waals surface area (Å²) in [4.78, 5) is 33.0. The largest absolute Gasteiger partial charge is 0.368 e. The molecule has 0 radical (unpaired) electrons. The van der Waals surface area contributed by atoms with Gasteiger partial charge in [-0.25, -0.2) is 4.98 Å². The summed E-state index contributed by atoms with van der Waals surface area (Å²) in [5, 5.41) is 5.88. The SMILES string of the molecule is CN(C)c1nc(CNC(=O)C2CCN(C(=O)[C@H]3CCCO3)CC2)cs1. The zero-order valence-electron chi connectivity index (χ0n) is 14.9. The molecule has 2 amide bonds. The Bertz CT molecular complexity index is 605. The molecule has 0 spiro atoms. The zero-order valence-corrected chi connectivity index (χ0v) is 15.7. The number of carbonyl (C=O) groups excluding carboxylic acids is 2. The van der Waals surface area contributed by atoms with E-state index in [-0.39, 0.29) is 23.8 Å². The molecule has 2 saturated heterocycles. The number of carbonyl (C=O) groups is 2. The first-order valence-corrected chi connectivity index (χ1v) is 9.72. The summed E-state index contributed by atoms with van der Waals surface area (Å²) in [7, 11) is 3.90. The van der Waals surface area contributed by atoms with Gasteiger partial charge in [0.2, 0.25) is 5.91 Å². The molecule has 0 aromatic carbocycles. The van der Waals surface area contributed by atoms with Crippen molar-refractivity contribution in [3.8, 4) is 0 Å². The minimum atomic E-state index is -0.263. The van der Waals surface area contributed by atoms with Crippen LogP contribution in [-0.4, -0.2) is 61.6 Å². The highest BCUT2D eigenvalue weighted by Crippen LogP contribution is 2.22. The van der Waals surface area contributed by atoms with Crippen molar-refractivity contribution in [1.82, 2.24) is 15.2 Å². The molecule has 2 fully saturated rings. The average molecular weight is 366 g/mol. The Kier molecular flexibility index (Phi) is 5.90. The first kappa shape index (κ1) is 18.1. The second kappa shape index (κ2) is 8.14. The van der Waals surface area contributed by atoms with Crippen molar-refractivity contribution in [3.63, 3.8) is 0 Å². The summed E-state index contributed by atoms with van der Waals surface area (Å²) in [5.74, 6) is 0.124. The van der Waals surface area contributed by atoms with Crippen LogP contribution in [-0.2, 0) is 20.9 Å². The number of likely N-dealkylation sites (tertiary alicyclic amines) is 1. The molecule has 3 rings (SSSR count). The van der Waals surface area contributed by atoms with E-state index in [1.807, 2.05) is 29.3 Å². The number of piperidine rings is 1. The van der Waals surface area contributed by atoms with Gasteiger partial charge >= 0.3 is 0 Å². The minimum Gasteiger partial charge on any atom is -0.368 e. The first-order chi connectivity index (χ1) is 12.0. The Morgan fingerprint density at radius 3 is 2.72 bits per heavy atom. The fourth-order valence-corrected chi connectivity index (χ4v) is 4.00. The number of hydrogen-bond donors (Lipinski definition) is 1. The highest BCUT2D eigenvalue weighted by atomic mass is 32.1. The molecule has 1 atom stereocenters. The van der Waals surface area contributed by atoms with Gasteiger partial charge in [0.05, 0.1) is 12.2 Å². The second-order valence-corrected chi connectivity index (χ2v) is 7.67. The lowest BCUT2D eigenvalue weighted by atomic mass is 9.95. The Morgan fingerprint density at radius 1 is 1.36 bits per heavy atom. The van der Waals surface area contributed by atoms with E-state index in [1.54, 1.807) is 11.3 Å². The van der Waals surface area contributed by atoms with Gasteiger partial charge in [-0.05, 0) is 25.7 Å². The summed E-state index contributed by atoms with van der Waals surface area (Å²) in [6, 6.07) is 0. The lowest BCUT2D eigenvalue weighted by Crippen LogP contribution is -2.46. The van der Waals surface area contributed by atoms with Crippen LogP contribution in [0, 0.1) is 5.92 Å². The van der Waals surface area contributed by atoms with Gasteiger partial charge in [-0.15, -0.1) is 11.3 Å². The molecule has 3 heterocycles. The van der Waals surface area contributed by atoms with E-state index >= 15 is 0 Å². The molecule has 0 aliphatic carbocycles. The molecular formula is C17H26N4O3S. The molecule has 2 aliphatic rings. The van der Waals surface area contributed by atoms with Gasteiger partial charge in [-0.1, -0.05) is 0 Å². The Morgan fingerprint density at radius 2 is 2.12 bits per heavy atom. The van der Waals surface area contributed by atoms with Crippen molar-refractivity contribution in [2.75, 3.05) is 38.7 Å². The summed E-state index contributed by atoms with van der Waals surface area (Å²) >= 11 is 1.57. The standard InChI is InChI=1S/C17H26N4O3S/c1-20(2)17-19-13(11-25-17)10-18-15(22)12-5-7-21(8-6-12)16(23)14-4-3-9-24-14/h11-12,14H,3-10H2,1-2H3,(H,18,22)/t14-/m1/s1. The van der Waals surface area contributed by atoms with Crippen LogP contribution in [0.1, 0.15) is 31.4 Å². The van der Waals surface area contributed by atoms with Crippen molar-refractivity contribution in [3.05, 3.63) is 11.1 Å². The van der Waals surface area contributed by atoms with Crippen molar-refractivity contribution in [2.45, 2.75) is 38.3 Å². The van der Waals surface area contributed by atoms with Crippen LogP contribution in [0.3, 0.4) is 0 Å². The van der Waals surface area contributed by atoms with E-state index in [4.69, 9.17) is 4.74 Å². The van der Waals surface area contributed by atoms with Gasteiger partial charge in [0, 0.05) is 45.1 Å². The number of ether oxygens (including phenoxy) is 1. The quantitative estimate of drug-likeness (QED) is 0.849. The van der Waals surface area contributed by atoms with Crippen LogP contribution in [0.5, 0.6) is 0 Å². The fraction of sp³-hybridized carbons (Fsp3) is 0.706. The molecule has 1 N–H and O–H groups in total. The van der Waals surface area contributed by atoms with Gasteiger partial charge < -0.3 is 19.9 Å². The molecule has 138 valence electrons. The van der Waals surface area contributed by atoms with Crippen LogP contribution < -0.4 is 10.2 Å². The average Bonchev–Trinajstić information content (AvgIpc) is 3.31. The Hall–Kier alpha value is -1.67. The van der Waals surface area contributed by atoms with Gasteiger partial charge in [-0.3, -0.25) is 9.59 Å². The van der Waals surface area contributed by atoms with Gasteiger partial charge in [0.1, 0.15) is 6.10 Å². The first-order valence-electron chi connectivity index (χ1n) is 8.84. The third-order valence-corrected chi connectivity index (χ3v) is 5.81. The number of aromatic nitrogens is 1. The van der Waals surface area contributed by atoms with Crippen LogP contribution in [0.15, 0.2) is 5.38 Å². The molecule has 1 aromatic heterocycles. The number of anilines is 1. The summed E-state index contributed by atoms with van der Waals surface area (Å²) in [5.41, 5.74) is 0.882. The van der Waals surface area contributed by atoms with E-state index in [0.29, 0.717) is 39.1 Å². The fourth-order valence-electron chi connectivity index (χ4n) is 3.24. The Balaban J connectivity index is 1.42. The molecule has 25 heavy (non-hydrogen) atoms. The lowest BCUT2D eigenvalue weighted by Gasteiger charge is -2.32. The van der Waals surface area contributed by atoms with Crippen molar-refractivity contribution < 1.29 is 14.3 Å². The molecule has 0 unspecified atom stereocenters. The molecule has 7 nitrogen and oxygen atoms in total. The second-order valence-electron chi connectivity index (χ2n) is 6.83. The predicted octanol–water partition coefficient (Wildman–Crippen LogP) is 1.24. The third kappa shape index (κ3) is 4.49. The van der Waals surface area contributed by atoms with Crippen LogP contribution in [0.4, 0.5) is 5.13 Å². The summed E-state index contributed by atoms with van der Waals surface area (Å²) in [6.45, 7) is 2.41. The topological polar surface area (TPSA) is 74.8 Å². The predicted molar refractivity (Wildman–Crippen MR) is 96.6 cm³/mol. The van der Waals surface area contributed by atoms with Crippen LogP contribution in [0.25, 0.3) is 0 Å².